The number of benzene rings is 2. The summed E-state index contributed by atoms with van der Waals surface area (Å²) in [6.07, 6.45) is 4.17. The van der Waals surface area contributed by atoms with Gasteiger partial charge in [-0.05, 0) is 55.3 Å². The molecule has 2 N–H and O–H groups in total. The number of nitrogens with zero attached hydrogens (tertiary/aromatic N) is 1. The number of rotatable bonds is 14. The van der Waals surface area contributed by atoms with E-state index in [0.717, 1.165) is 31.4 Å². The second kappa shape index (κ2) is 15.1. The van der Waals surface area contributed by atoms with E-state index >= 15 is 0 Å². The van der Waals surface area contributed by atoms with Gasteiger partial charge in [-0.15, -0.1) is 0 Å². The van der Waals surface area contributed by atoms with E-state index in [2.05, 4.69) is 17.6 Å². The standard InChI is InChI=1S/C27H35F4N3O2/c1-2-3-4-5-6-7-8-13-25(35)32-18-10-19-34(24-16-14-22(28)15-17-24)26(36)33-23-12-9-11-21(20-23)27(29,30)31/h9,11-12,14-17,20H,2-8,10,13,18-19H2,1H3,(H,32,35)(H,33,36). The van der Waals surface area contributed by atoms with Gasteiger partial charge < -0.3 is 10.6 Å². The van der Waals surface area contributed by atoms with Crippen molar-refractivity contribution in [1.29, 1.82) is 0 Å². The highest BCUT2D eigenvalue weighted by Crippen LogP contribution is 2.30. The second-order valence-electron chi connectivity index (χ2n) is 8.71. The van der Waals surface area contributed by atoms with E-state index < -0.39 is 23.6 Å². The van der Waals surface area contributed by atoms with E-state index in [1.165, 1.54) is 67.0 Å². The Hall–Kier alpha value is -3.10. The Labute approximate surface area is 210 Å². The van der Waals surface area contributed by atoms with Crippen molar-refractivity contribution in [3.8, 4) is 0 Å². The van der Waals surface area contributed by atoms with Crippen LogP contribution in [0.25, 0.3) is 0 Å². The maximum atomic E-state index is 13.4. The highest BCUT2D eigenvalue weighted by molar-refractivity contribution is 6.01. The first-order chi connectivity index (χ1) is 17.2. The predicted octanol–water partition coefficient (Wildman–Crippen LogP) is 7.53. The molecule has 2 aromatic carbocycles. The molecule has 0 unspecified atom stereocenters. The zero-order valence-corrected chi connectivity index (χ0v) is 20.7. The third-order valence-electron chi connectivity index (χ3n) is 5.71. The molecule has 0 heterocycles. The fourth-order valence-electron chi connectivity index (χ4n) is 3.73. The van der Waals surface area contributed by atoms with Crippen molar-refractivity contribution >= 4 is 23.3 Å². The Morgan fingerprint density at radius 1 is 0.889 bits per heavy atom. The van der Waals surface area contributed by atoms with Crippen molar-refractivity contribution in [2.24, 2.45) is 0 Å². The third kappa shape index (κ3) is 10.7. The predicted molar refractivity (Wildman–Crippen MR) is 134 cm³/mol. The Kier molecular flexibility index (Phi) is 12.2. The topological polar surface area (TPSA) is 61.4 Å². The molecular weight excluding hydrogens is 474 g/mol. The number of carbonyl (C=O) groups excluding carboxylic acids is 2. The largest absolute Gasteiger partial charge is 0.416 e. The lowest BCUT2D eigenvalue weighted by molar-refractivity contribution is -0.137. The normalized spacial score (nSPS) is 11.2. The van der Waals surface area contributed by atoms with E-state index in [4.69, 9.17) is 0 Å². The number of hydrogen-bond acceptors (Lipinski definition) is 2. The van der Waals surface area contributed by atoms with Crippen LogP contribution in [0.3, 0.4) is 0 Å². The Morgan fingerprint density at radius 2 is 1.56 bits per heavy atom. The first-order valence-corrected chi connectivity index (χ1v) is 12.5. The molecule has 0 bridgehead atoms. The van der Waals surface area contributed by atoms with Gasteiger partial charge in [0.25, 0.3) is 0 Å². The molecule has 9 heteroatoms. The van der Waals surface area contributed by atoms with Crippen molar-refractivity contribution < 1.29 is 27.2 Å². The van der Waals surface area contributed by atoms with Gasteiger partial charge in [-0.2, -0.15) is 13.2 Å². The van der Waals surface area contributed by atoms with E-state index in [-0.39, 0.29) is 18.1 Å². The molecule has 2 rings (SSSR count). The van der Waals surface area contributed by atoms with E-state index in [1.807, 2.05) is 0 Å². The lowest BCUT2D eigenvalue weighted by atomic mass is 10.1. The minimum absolute atomic E-state index is 0.00932. The fraction of sp³-hybridized carbons (Fsp3) is 0.481. The second-order valence-corrected chi connectivity index (χ2v) is 8.71. The molecule has 0 fully saturated rings. The fourth-order valence-corrected chi connectivity index (χ4v) is 3.73. The summed E-state index contributed by atoms with van der Waals surface area (Å²) >= 11 is 0. The van der Waals surface area contributed by atoms with E-state index in [1.54, 1.807) is 0 Å². The number of halogens is 4. The average molecular weight is 510 g/mol. The van der Waals surface area contributed by atoms with Crippen LogP contribution in [0.5, 0.6) is 0 Å². The highest BCUT2D eigenvalue weighted by atomic mass is 19.4. The minimum atomic E-state index is -4.54. The van der Waals surface area contributed by atoms with Gasteiger partial charge in [0.05, 0.1) is 5.56 Å². The van der Waals surface area contributed by atoms with Gasteiger partial charge in [0.15, 0.2) is 0 Å². The van der Waals surface area contributed by atoms with Gasteiger partial charge in [-0.1, -0.05) is 51.5 Å². The van der Waals surface area contributed by atoms with Gasteiger partial charge in [0, 0.05) is 30.9 Å². The summed E-state index contributed by atoms with van der Waals surface area (Å²) in [5.41, 5.74) is -0.502. The number of alkyl halides is 3. The van der Waals surface area contributed by atoms with Crippen LogP contribution in [0.15, 0.2) is 48.5 Å². The Morgan fingerprint density at radius 3 is 2.22 bits per heavy atom. The van der Waals surface area contributed by atoms with Crippen LogP contribution in [-0.2, 0) is 11.0 Å². The van der Waals surface area contributed by atoms with Gasteiger partial charge in [-0.25, -0.2) is 9.18 Å². The first-order valence-electron chi connectivity index (χ1n) is 12.5. The zero-order chi connectivity index (χ0) is 26.4. The molecule has 36 heavy (non-hydrogen) atoms. The molecule has 2 aromatic rings. The lowest BCUT2D eigenvalue weighted by Gasteiger charge is -2.23. The molecular formula is C27H35F4N3O2. The summed E-state index contributed by atoms with van der Waals surface area (Å²) in [7, 11) is 0. The summed E-state index contributed by atoms with van der Waals surface area (Å²) in [4.78, 5) is 26.3. The zero-order valence-electron chi connectivity index (χ0n) is 20.7. The maximum Gasteiger partial charge on any atom is 0.416 e. The van der Waals surface area contributed by atoms with Crippen LogP contribution in [0.4, 0.5) is 33.7 Å². The molecule has 198 valence electrons. The van der Waals surface area contributed by atoms with Crippen LogP contribution in [0, 0.1) is 5.82 Å². The smallest absolute Gasteiger partial charge is 0.356 e. The maximum absolute atomic E-state index is 13.4. The van der Waals surface area contributed by atoms with Gasteiger partial charge in [-0.3, -0.25) is 9.69 Å². The van der Waals surface area contributed by atoms with Gasteiger partial charge >= 0.3 is 12.2 Å². The molecule has 0 aromatic heterocycles. The van der Waals surface area contributed by atoms with Gasteiger partial charge in [0.1, 0.15) is 5.82 Å². The molecule has 0 spiro atoms. The average Bonchev–Trinajstić information content (AvgIpc) is 2.84. The number of amides is 3. The molecule has 5 nitrogen and oxygen atoms in total. The molecule has 0 radical (unpaired) electrons. The summed E-state index contributed by atoms with van der Waals surface area (Å²) in [6.45, 7) is 2.68. The first kappa shape index (κ1) is 29.1. The van der Waals surface area contributed by atoms with E-state index in [9.17, 15) is 27.2 Å². The Balaban J connectivity index is 1.87. The van der Waals surface area contributed by atoms with E-state index in [0.29, 0.717) is 25.1 Å². The van der Waals surface area contributed by atoms with Crippen LogP contribution in [-0.4, -0.2) is 25.0 Å². The van der Waals surface area contributed by atoms with Crippen LogP contribution < -0.4 is 15.5 Å². The van der Waals surface area contributed by atoms with Crippen LogP contribution >= 0.6 is 0 Å². The van der Waals surface area contributed by atoms with Gasteiger partial charge in [0.2, 0.25) is 5.91 Å². The molecule has 0 saturated carbocycles. The summed E-state index contributed by atoms with van der Waals surface area (Å²) in [5, 5.41) is 5.32. The molecule has 0 aliphatic rings. The number of carbonyl (C=O) groups is 2. The third-order valence-corrected chi connectivity index (χ3v) is 5.71. The van der Waals surface area contributed by atoms with Crippen molar-refractivity contribution in [1.82, 2.24) is 5.32 Å². The monoisotopic (exact) mass is 509 g/mol. The minimum Gasteiger partial charge on any atom is -0.356 e. The number of hydrogen-bond donors (Lipinski definition) is 2. The van der Waals surface area contributed by atoms with Crippen molar-refractivity contribution in [2.75, 3.05) is 23.3 Å². The summed E-state index contributed by atoms with van der Waals surface area (Å²) in [6, 6.07) is 8.92. The molecule has 3 amide bonds. The van der Waals surface area contributed by atoms with Crippen molar-refractivity contribution in [2.45, 2.75) is 70.9 Å². The molecule has 0 aliphatic heterocycles. The number of anilines is 2. The van der Waals surface area contributed by atoms with Crippen LogP contribution in [0.2, 0.25) is 0 Å². The lowest BCUT2D eigenvalue weighted by Crippen LogP contribution is -2.37. The SMILES string of the molecule is CCCCCCCCCC(=O)NCCCN(C(=O)Nc1cccc(C(F)(F)F)c1)c1ccc(F)cc1. The number of unbranched alkanes of at least 4 members (excludes halogenated alkanes) is 6. The molecule has 0 aliphatic carbocycles. The highest BCUT2D eigenvalue weighted by Gasteiger charge is 2.30. The summed E-state index contributed by atoms with van der Waals surface area (Å²) in [5.74, 6) is -0.528. The molecule has 0 saturated heterocycles. The number of nitrogens with one attached hydrogen (secondary N) is 2. The Bertz CT molecular complexity index is 949. The van der Waals surface area contributed by atoms with Crippen LogP contribution in [0.1, 0.15) is 70.3 Å². The number of urea groups is 1. The molecule has 0 atom stereocenters. The van der Waals surface area contributed by atoms with Crippen molar-refractivity contribution in [3.63, 3.8) is 0 Å². The van der Waals surface area contributed by atoms with Crippen molar-refractivity contribution in [3.05, 3.63) is 59.9 Å². The quantitative estimate of drug-likeness (QED) is 0.204. The summed E-state index contributed by atoms with van der Waals surface area (Å²) < 4.78 is 52.4.